The molecule has 0 bridgehead atoms. The van der Waals surface area contributed by atoms with E-state index >= 15 is 0 Å². The Hall–Kier alpha value is -3.61. The Morgan fingerprint density at radius 3 is 2.61 bits per heavy atom. The summed E-state index contributed by atoms with van der Waals surface area (Å²) in [6, 6.07) is 14.7. The predicted octanol–water partition coefficient (Wildman–Crippen LogP) is 2.82. The van der Waals surface area contributed by atoms with Crippen LogP contribution in [0.5, 0.6) is 5.75 Å². The van der Waals surface area contributed by atoms with E-state index in [-0.39, 0.29) is 18.5 Å². The molecule has 2 heterocycles. The maximum Gasteiger partial charge on any atom is 0.321 e. The van der Waals surface area contributed by atoms with Crippen LogP contribution in [0, 0.1) is 11.3 Å². The standard InChI is InChI=1S/C27H33N5O4/c28-18-20-5-3-6-22(17-20)29-27(35)32-14-4-7-25(33)24(19-32)30-26(34)21-8-10-23(11-9-21)36-16-15-31-12-1-2-13-31/h3,5-6,8-11,17,24-25,33H,1-2,4,7,12-16,19H2,(H,29,35)(H,30,34). The van der Waals surface area contributed by atoms with Gasteiger partial charge in [0.05, 0.1) is 23.8 Å². The highest BCUT2D eigenvalue weighted by Crippen LogP contribution is 2.17. The van der Waals surface area contributed by atoms with Crippen molar-refractivity contribution in [2.45, 2.75) is 37.8 Å². The van der Waals surface area contributed by atoms with Gasteiger partial charge in [0.1, 0.15) is 12.4 Å². The number of benzene rings is 2. The largest absolute Gasteiger partial charge is 0.492 e. The monoisotopic (exact) mass is 491 g/mol. The molecule has 0 aliphatic carbocycles. The summed E-state index contributed by atoms with van der Waals surface area (Å²) in [6.45, 7) is 4.39. The zero-order valence-electron chi connectivity index (χ0n) is 20.4. The number of aliphatic hydroxyl groups excluding tert-OH is 1. The van der Waals surface area contributed by atoms with Crippen LogP contribution in [0.4, 0.5) is 10.5 Å². The number of amides is 3. The van der Waals surface area contributed by atoms with Gasteiger partial charge in [0.2, 0.25) is 0 Å². The fraction of sp³-hybridized carbons (Fsp3) is 0.444. The SMILES string of the molecule is N#Cc1cccc(NC(=O)N2CCCC(O)C(NC(=O)c3ccc(OCCN4CCCC4)cc3)C2)c1. The third kappa shape index (κ3) is 6.97. The number of rotatable bonds is 7. The summed E-state index contributed by atoms with van der Waals surface area (Å²) in [5.74, 6) is 0.398. The quantitative estimate of drug-likeness (QED) is 0.548. The molecule has 0 spiro atoms. The zero-order chi connectivity index (χ0) is 25.3. The van der Waals surface area contributed by atoms with Crippen LogP contribution in [0.3, 0.4) is 0 Å². The first-order chi connectivity index (χ1) is 17.5. The Kier molecular flexibility index (Phi) is 8.76. The lowest BCUT2D eigenvalue weighted by molar-refractivity contribution is 0.0811. The Labute approximate surface area is 211 Å². The van der Waals surface area contributed by atoms with E-state index in [9.17, 15) is 14.7 Å². The average Bonchev–Trinajstić information content (AvgIpc) is 3.34. The minimum Gasteiger partial charge on any atom is -0.492 e. The number of hydrogen-bond donors (Lipinski definition) is 3. The average molecular weight is 492 g/mol. The number of anilines is 1. The second-order valence-corrected chi connectivity index (χ2v) is 9.28. The molecule has 0 radical (unpaired) electrons. The molecule has 3 amide bonds. The van der Waals surface area contributed by atoms with Crippen LogP contribution in [0.2, 0.25) is 0 Å². The molecule has 2 fully saturated rings. The van der Waals surface area contributed by atoms with E-state index in [2.05, 4.69) is 15.5 Å². The van der Waals surface area contributed by atoms with E-state index in [0.717, 1.165) is 19.6 Å². The maximum atomic E-state index is 12.9. The molecule has 2 aliphatic heterocycles. The zero-order valence-corrected chi connectivity index (χ0v) is 20.4. The highest BCUT2D eigenvalue weighted by molar-refractivity contribution is 5.94. The summed E-state index contributed by atoms with van der Waals surface area (Å²) in [5, 5.41) is 25.4. The molecule has 2 aromatic carbocycles. The van der Waals surface area contributed by atoms with Crippen LogP contribution in [-0.4, -0.2) is 78.3 Å². The molecule has 2 aliphatic rings. The van der Waals surface area contributed by atoms with Crippen molar-refractivity contribution in [3.05, 3.63) is 59.7 Å². The van der Waals surface area contributed by atoms with Crippen molar-refractivity contribution in [2.24, 2.45) is 0 Å². The van der Waals surface area contributed by atoms with Crippen molar-refractivity contribution in [1.82, 2.24) is 15.1 Å². The molecule has 9 nitrogen and oxygen atoms in total. The summed E-state index contributed by atoms with van der Waals surface area (Å²) in [5.41, 5.74) is 1.43. The molecule has 2 atom stereocenters. The Bertz CT molecular complexity index is 1080. The predicted molar refractivity (Wildman–Crippen MR) is 136 cm³/mol. The molecule has 4 rings (SSSR count). The van der Waals surface area contributed by atoms with Gasteiger partial charge in [0, 0.05) is 30.9 Å². The van der Waals surface area contributed by atoms with Gasteiger partial charge in [-0.1, -0.05) is 6.07 Å². The van der Waals surface area contributed by atoms with Gasteiger partial charge >= 0.3 is 6.03 Å². The minimum absolute atomic E-state index is 0.175. The van der Waals surface area contributed by atoms with E-state index in [1.807, 2.05) is 6.07 Å². The molecule has 190 valence electrons. The number of carbonyl (C=O) groups excluding carboxylic acids is 2. The lowest BCUT2D eigenvalue weighted by Gasteiger charge is -2.27. The second-order valence-electron chi connectivity index (χ2n) is 9.28. The van der Waals surface area contributed by atoms with Gasteiger partial charge in [-0.3, -0.25) is 9.69 Å². The molecule has 2 saturated heterocycles. The third-order valence-electron chi connectivity index (χ3n) is 6.65. The van der Waals surface area contributed by atoms with E-state index in [1.54, 1.807) is 53.4 Å². The Morgan fingerprint density at radius 1 is 1.08 bits per heavy atom. The number of nitriles is 1. The molecule has 2 aromatic rings. The van der Waals surface area contributed by atoms with Gasteiger partial charge in [-0.2, -0.15) is 5.26 Å². The topological polar surface area (TPSA) is 118 Å². The lowest BCUT2D eigenvalue weighted by atomic mass is 10.1. The number of hydrogen-bond acceptors (Lipinski definition) is 6. The number of ether oxygens (including phenoxy) is 1. The number of nitrogens with one attached hydrogen (secondary N) is 2. The minimum atomic E-state index is -0.762. The molecule has 0 saturated carbocycles. The van der Waals surface area contributed by atoms with Gasteiger partial charge in [-0.15, -0.1) is 0 Å². The van der Waals surface area contributed by atoms with E-state index in [4.69, 9.17) is 10.00 Å². The van der Waals surface area contributed by atoms with E-state index < -0.39 is 12.1 Å². The van der Waals surface area contributed by atoms with Crippen molar-refractivity contribution in [3.63, 3.8) is 0 Å². The van der Waals surface area contributed by atoms with Crippen molar-refractivity contribution in [3.8, 4) is 11.8 Å². The molecular weight excluding hydrogens is 458 g/mol. The van der Waals surface area contributed by atoms with Gasteiger partial charge in [-0.05, 0) is 81.2 Å². The summed E-state index contributed by atoms with van der Waals surface area (Å²) in [7, 11) is 0. The lowest BCUT2D eigenvalue weighted by Crippen LogP contribution is -2.50. The highest BCUT2D eigenvalue weighted by atomic mass is 16.5. The molecule has 3 N–H and O–H groups in total. The van der Waals surface area contributed by atoms with E-state index in [0.29, 0.717) is 48.6 Å². The molecule has 9 heteroatoms. The van der Waals surface area contributed by atoms with Gasteiger partial charge < -0.3 is 25.4 Å². The normalized spacial score (nSPS) is 20.3. The van der Waals surface area contributed by atoms with Crippen molar-refractivity contribution in [2.75, 3.05) is 44.6 Å². The Balaban J connectivity index is 1.31. The number of urea groups is 1. The van der Waals surface area contributed by atoms with Gasteiger partial charge in [0.15, 0.2) is 0 Å². The maximum absolute atomic E-state index is 12.9. The summed E-state index contributed by atoms with van der Waals surface area (Å²) >= 11 is 0. The second kappa shape index (κ2) is 12.4. The van der Waals surface area contributed by atoms with Gasteiger partial charge in [-0.25, -0.2) is 4.79 Å². The molecule has 0 aromatic heterocycles. The van der Waals surface area contributed by atoms with Crippen molar-refractivity contribution in [1.29, 1.82) is 5.26 Å². The van der Waals surface area contributed by atoms with Crippen LogP contribution in [-0.2, 0) is 0 Å². The van der Waals surface area contributed by atoms with Gasteiger partial charge in [0.25, 0.3) is 5.91 Å². The fourth-order valence-electron chi connectivity index (χ4n) is 4.59. The summed E-state index contributed by atoms with van der Waals surface area (Å²) in [4.78, 5) is 29.7. The molecule has 36 heavy (non-hydrogen) atoms. The van der Waals surface area contributed by atoms with E-state index in [1.165, 1.54) is 12.8 Å². The summed E-state index contributed by atoms with van der Waals surface area (Å²) in [6.07, 6.45) is 2.82. The smallest absolute Gasteiger partial charge is 0.321 e. The molecular formula is C27H33N5O4. The van der Waals surface area contributed by atoms with Crippen LogP contribution in [0.1, 0.15) is 41.6 Å². The first-order valence-electron chi connectivity index (χ1n) is 12.5. The number of aliphatic hydroxyl groups is 1. The fourth-order valence-corrected chi connectivity index (χ4v) is 4.59. The Morgan fingerprint density at radius 2 is 1.86 bits per heavy atom. The van der Waals surface area contributed by atoms with Crippen LogP contribution < -0.4 is 15.4 Å². The number of carbonyl (C=O) groups is 2. The molecule has 2 unspecified atom stereocenters. The van der Waals surface area contributed by atoms with Crippen molar-refractivity contribution < 1.29 is 19.4 Å². The van der Waals surface area contributed by atoms with Crippen LogP contribution in [0.25, 0.3) is 0 Å². The first-order valence-corrected chi connectivity index (χ1v) is 12.5. The number of likely N-dealkylation sites (tertiary alicyclic amines) is 2. The first kappa shape index (κ1) is 25.5. The third-order valence-corrected chi connectivity index (χ3v) is 6.65. The van der Waals surface area contributed by atoms with Crippen LogP contribution >= 0.6 is 0 Å². The number of nitrogens with zero attached hydrogens (tertiary/aromatic N) is 3. The van der Waals surface area contributed by atoms with Crippen molar-refractivity contribution >= 4 is 17.6 Å². The van der Waals surface area contributed by atoms with Crippen LogP contribution in [0.15, 0.2) is 48.5 Å². The summed E-state index contributed by atoms with van der Waals surface area (Å²) < 4.78 is 5.81. The highest BCUT2D eigenvalue weighted by Gasteiger charge is 2.29.